The fourth-order valence-electron chi connectivity index (χ4n) is 1.75. The van der Waals surface area contributed by atoms with Crippen LogP contribution < -0.4 is 11.1 Å². The zero-order valence-corrected chi connectivity index (χ0v) is 10.4. The highest BCUT2D eigenvalue weighted by Gasteiger charge is 2.08. The van der Waals surface area contributed by atoms with Crippen molar-refractivity contribution in [1.82, 2.24) is 4.98 Å². The van der Waals surface area contributed by atoms with E-state index in [0.717, 1.165) is 23.0 Å². The van der Waals surface area contributed by atoms with E-state index in [9.17, 15) is 4.79 Å². The summed E-state index contributed by atoms with van der Waals surface area (Å²) in [6, 6.07) is 9.43. The van der Waals surface area contributed by atoms with Gasteiger partial charge in [-0.2, -0.15) is 0 Å². The number of nitrogens with zero attached hydrogens (tertiary/aromatic N) is 1. The molecule has 1 atom stereocenters. The van der Waals surface area contributed by atoms with Crippen LogP contribution in [0.2, 0.25) is 0 Å². The standard InChI is InChI=1S/C14H17N3O/c1-2-11(15)9-14(18)17-12-5-6-13-10(8-12)4-3-7-16-13/h3-8,11H,2,9,15H2,1H3,(H,17,18). The predicted octanol–water partition coefficient (Wildman–Crippen LogP) is 2.30. The zero-order chi connectivity index (χ0) is 13.0. The molecule has 0 aliphatic rings. The predicted molar refractivity (Wildman–Crippen MR) is 73.3 cm³/mol. The Hall–Kier alpha value is -1.94. The number of pyridine rings is 1. The minimum atomic E-state index is -0.0767. The molecule has 0 saturated carbocycles. The lowest BCUT2D eigenvalue weighted by atomic mass is 10.1. The number of carbonyl (C=O) groups is 1. The molecule has 0 bridgehead atoms. The fourth-order valence-corrected chi connectivity index (χ4v) is 1.75. The van der Waals surface area contributed by atoms with E-state index in [2.05, 4.69) is 10.3 Å². The van der Waals surface area contributed by atoms with Gasteiger partial charge >= 0.3 is 0 Å². The van der Waals surface area contributed by atoms with Crippen LogP contribution in [0.5, 0.6) is 0 Å². The average Bonchev–Trinajstić information content (AvgIpc) is 2.38. The van der Waals surface area contributed by atoms with Crippen molar-refractivity contribution in [1.29, 1.82) is 0 Å². The first-order chi connectivity index (χ1) is 8.69. The number of nitrogens with two attached hydrogens (primary N) is 1. The number of anilines is 1. The van der Waals surface area contributed by atoms with Crippen molar-refractivity contribution < 1.29 is 4.79 Å². The molecule has 1 aromatic heterocycles. The van der Waals surface area contributed by atoms with Crippen molar-refractivity contribution in [3.05, 3.63) is 36.5 Å². The van der Waals surface area contributed by atoms with Gasteiger partial charge in [0.2, 0.25) is 5.91 Å². The van der Waals surface area contributed by atoms with Crippen molar-refractivity contribution in [2.24, 2.45) is 5.73 Å². The maximum absolute atomic E-state index is 11.7. The number of carbonyl (C=O) groups excluding carboxylic acids is 1. The molecular formula is C14H17N3O. The third kappa shape index (κ3) is 3.05. The summed E-state index contributed by atoms with van der Waals surface area (Å²) in [5.74, 6) is -0.0485. The molecule has 4 nitrogen and oxygen atoms in total. The maximum Gasteiger partial charge on any atom is 0.225 e. The number of benzene rings is 1. The number of rotatable bonds is 4. The van der Waals surface area contributed by atoms with Gasteiger partial charge in [-0.15, -0.1) is 0 Å². The van der Waals surface area contributed by atoms with Crippen molar-refractivity contribution in [3.63, 3.8) is 0 Å². The molecule has 0 fully saturated rings. The van der Waals surface area contributed by atoms with Crippen LogP contribution in [-0.4, -0.2) is 16.9 Å². The highest BCUT2D eigenvalue weighted by Crippen LogP contribution is 2.17. The van der Waals surface area contributed by atoms with Gasteiger partial charge in [-0.05, 0) is 30.7 Å². The molecule has 0 aliphatic heterocycles. The molecule has 0 aliphatic carbocycles. The molecular weight excluding hydrogens is 226 g/mol. The lowest BCUT2D eigenvalue weighted by Crippen LogP contribution is -2.26. The summed E-state index contributed by atoms with van der Waals surface area (Å²) in [4.78, 5) is 15.9. The first-order valence-electron chi connectivity index (χ1n) is 6.09. The molecule has 1 aromatic carbocycles. The van der Waals surface area contributed by atoms with Crippen molar-refractivity contribution in [2.45, 2.75) is 25.8 Å². The Morgan fingerprint density at radius 3 is 3.06 bits per heavy atom. The minimum Gasteiger partial charge on any atom is -0.327 e. The minimum absolute atomic E-state index is 0.0485. The molecule has 0 spiro atoms. The number of amides is 1. The van der Waals surface area contributed by atoms with Gasteiger partial charge in [0.05, 0.1) is 5.52 Å². The molecule has 2 rings (SSSR count). The van der Waals surface area contributed by atoms with Crippen LogP contribution in [-0.2, 0) is 4.79 Å². The van der Waals surface area contributed by atoms with E-state index < -0.39 is 0 Å². The largest absolute Gasteiger partial charge is 0.327 e. The van der Waals surface area contributed by atoms with Crippen LogP contribution in [0.1, 0.15) is 19.8 Å². The quantitative estimate of drug-likeness (QED) is 0.865. The van der Waals surface area contributed by atoms with Gasteiger partial charge in [0.1, 0.15) is 0 Å². The van der Waals surface area contributed by atoms with E-state index in [1.807, 2.05) is 37.3 Å². The van der Waals surface area contributed by atoms with E-state index in [-0.39, 0.29) is 11.9 Å². The SMILES string of the molecule is CCC(N)CC(=O)Nc1ccc2ncccc2c1. The van der Waals surface area contributed by atoms with Crippen LogP contribution in [0.15, 0.2) is 36.5 Å². The second-order valence-corrected chi connectivity index (χ2v) is 4.33. The normalized spacial score (nSPS) is 12.3. The Kier molecular flexibility index (Phi) is 3.89. The molecule has 0 radical (unpaired) electrons. The Morgan fingerprint density at radius 2 is 2.28 bits per heavy atom. The van der Waals surface area contributed by atoms with E-state index >= 15 is 0 Å². The van der Waals surface area contributed by atoms with Gasteiger partial charge < -0.3 is 11.1 Å². The third-order valence-electron chi connectivity index (χ3n) is 2.86. The second kappa shape index (κ2) is 5.60. The van der Waals surface area contributed by atoms with Crippen LogP contribution >= 0.6 is 0 Å². The summed E-state index contributed by atoms with van der Waals surface area (Å²) in [5, 5.41) is 3.86. The summed E-state index contributed by atoms with van der Waals surface area (Å²) >= 11 is 0. The lowest BCUT2D eigenvalue weighted by Gasteiger charge is -2.09. The lowest BCUT2D eigenvalue weighted by molar-refractivity contribution is -0.116. The summed E-state index contributed by atoms with van der Waals surface area (Å²) < 4.78 is 0. The summed E-state index contributed by atoms with van der Waals surface area (Å²) in [5.41, 5.74) is 7.45. The first-order valence-corrected chi connectivity index (χ1v) is 6.09. The van der Waals surface area contributed by atoms with Crippen LogP contribution in [0.4, 0.5) is 5.69 Å². The molecule has 2 aromatic rings. The molecule has 1 unspecified atom stereocenters. The van der Waals surface area contributed by atoms with E-state index in [1.165, 1.54) is 0 Å². The molecule has 1 heterocycles. The molecule has 4 heteroatoms. The van der Waals surface area contributed by atoms with E-state index in [4.69, 9.17) is 5.73 Å². The van der Waals surface area contributed by atoms with Gasteiger partial charge in [0.25, 0.3) is 0 Å². The molecule has 94 valence electrons. The van der Waals surface area contributed by atoms with Crippen molar-refractivity contribution in [2.75, 3.05) is 5.32 Å². The summed E-state index contributed by atoms with van der Waals surface area (Å²) in [6.07, 6.45) is 2.90. The molecule has 0 saturated heterocycles. The Labute approximate surface area is 106 Å². The highest BCUT2D eigenvalue weighted by atomic mass is 16.1. The fraction of sp³-hybridized carbons (Fsp3) is 0.286. The summed E-state index contributed by atoms with van der Waals surface area (Å²) in [6.45, 7) is 1.97. The van der Waals surface area contributed by atoms with Crippen LogP contribution in [0, 0.1) is 0 Å². The summed E-state index contributed by atoms with van der Waals surface area (Å²) in [7, 11) is 0. The number of hydrogen-bond donors (Lipinski definition) is 2. The topological polar surface area (TPSA) is 68.0 Å². The van der Waals surface area contributed by atoms with Crippen LogP contribution in [0.3, 0.4) is 0 Å². The van der Waals surface area contributed by atoms with Gasteiger partial charge in [0, 0.05) is 29.7 Å². The number of hydrogen-bond acceptors (Lipinski definition) is 3. The van der Waals surface area contributed by atoms with Gasteiger partial charge in [-0.25, -0.2) is 0 Å². The second-order valence-electron chi connectivity index (χ2n) is 4.33. The number of aromatic nitrogens is 1. The van der Waals surface area contributed by atoms with Crippen molar-refractivity contribution in [3.8, 4) is 0 Å². The van der Waals surface area contributed by atoms with Gasteiger partial charge in [-0.1, -0.05) is 13.0 Å². The van der Waals surface area contributed by atoms with E-state index in [1.54, 1.807) is 6.20 Å². The Bertz CT molecular complexity index is 553. The zero-order valence-electron chi connectivity index (χ0n) is 10.4. The first kappa shape index (κ1) is 12.5. The number of fused-ring (bicyclic) bond motifs is 1. The monoisotopic (exact) mass is 243 g/mol. The van der Waals surface area contributed by atoms with E-state index in [0.29, 0.717) is 6.42 Å². The Balaban J connectivity index is 2.10. The highest BCUT2D eigenvalue weighted by molar-refractivity contribution is 5.93. The van der Waals surface area contributed by atoms with Gasteiger partial charge in [0.15, 0.2) is 0 Å². The maximum atomic E-state index is 11.7. The van der Waals surface area contributed by atoms with Gasteiger partial charge in [-0.3, -0.25) is 9.78 Å². The molecule has 18 heavy (non-hydrogen) atoms. The van der Waals surface area contributed by atoms with Crippen molar-refractivity contribution >= 4 is 22.5 Å². The third-order valence-corrected chi connectivity index (χ3v) is 2.86. The average molecular weight is 243 g/mol. The Morgan fingerprint density at radius 1 is 1.44 bits per heavy atom. The smallest absolute Gasteiger partial charge is 0.225 e. The van der Waals surface area contributed by atoms with Crippen LogP contribution in [0.25, 0.3) is 10.9 Å². The molecule has 3 N–H and O–H groups in total. The molecule has 1 amide bonds. The number of nitrogens with one attached hydrogen (secondary N) is 1.